The summed E-state index contributed by atoms with van der Waals surface area (Å²) in [5.41, 5.74) is 0.179. The standard InChI is InChI=1S/C16H17N3O6/c1-24-8-11-6-13(14(19(22)23)7-12(11)16(20)21)18-4-3-17-15(18)10-2-5-25-9-10/h3-4,6-7,10H,2,5,8-9H2,1H3,(H,20,21). The van der Waals surface area contributed by atoms with Crippen molar-refractivity contribution in [1.29, 1.82) is 0 Å². The summed E-state index contributed by atoms with van der Waals surface area (Å²) in [5.74, 6) is -0.539. The third-order valence-electron chi connectivity index (χ3n) is 4.15. The zero-order valence-corrected chi connectivity index (χ0v) is 13.5. The second kappa shape index (κ2) is 6.99. The predicted octanol–water partition coefficient (Wildman–Crippen LogP) is 2.13. The molecule has 0 spiro atoms. The zero-order chi connectivity index (χ0) is 18.0. The maximum Gasteiger partial charge on any atom is 0.336 e. The van der Waals surface area contributed by atoms with Gasteiger partial charge in [0.25, 0.3) is 5.69 Å². The van der Waals surface area contributed by atoms with Crippen LogP contribution in [0.4, 0.5) is 5.69 Å². The van der Waals surface area contributed by atoms with Gasteiger partial charge in [0.15, 0.2) is 0 Å². The van der Waals surface area contributed by atoms with E-state index in [0.717, 1.165) is 12.5 Å². The molecule has 1 atom stereocenters. The van der Waals surface area contributed by atoms with Gasteiger partial charge in [-0.15, -0.1) is 0 Å². The van der Waals surface area contributed by atoms with Crippen molar-refractivity contribution in [3.05, 3.63) is 51.6 Å². The first kappa shape index (κ1) is 17.1. The number of nitro benzene ring substituents is 1. The smallest absolute Gasteiger partial charge is 0.336 e. The maximum absolute atomic E-state index is 11.5. The fourth-order valence-corrected chi connectivity index (χ4v) is 2.99. The Morgan fingerprint density at radius 2 is 2.36 bits per heavy atom. The first-order valence-corrected chi connectivity index (χ1v) is 7.67. The maximum atomic E-state index is 11.5. The fraction of sp³-hybridized carbons (Fsp3) is 0.375. The summed E-state index contributed by atoms with van der Waals surface area (Å²) >= 11 is 0. The minimum absolute atomic E-state index is 0.0310. The number of imidazole rings is 1. The molecule has 0 saturated carbocycles. The molecular formula is C16H17N3O6. The van der Waals surface area contributed by atoms with Gasteiger partial charge in [0.1, 0.15) is 11.5 Å². The molecule has 1 unspecified atom stereocenters. The number of ether oxygens (including phenoxy) is 2. The van der Waals surface area contributed by atoms with E-state index in [2.05, 4.69) is 4.98 Å². The van der Waals surface area contributed by atoms with Crippen LogP contribution in [0.3, 0.4) is 0 Å². The molecule has 1 aromatic heterocycles. The molecule has 0 aliphatic carbocycles. The third-order valence-corrected chi connectivity index (χ3v) is 4.15. The van der Waals surface area contributed by atoms with Crippen LogP contribution in [0.5, 0.6) is 0 Å². The normalized spacial score (nSPS) is 16.9. The highest BCUT2D eigenvalue weighted by Crippen LogP contribution is 2.32. The molecule has 9 heteroatoms. The summed E-state index contributed by atoms with van der Waals surface area (Å²) < 4.78 is 12.0. The number of aromatic carboxylic acids is 1. The van der Waals surface area contributed by atoms with Crippen LogP contribution < -0.4 is 0 Å². The highest BCUT2D eigenvalue weighted by atomic mass is 16.6. The zero-order valence-electron chi connectivity index (χ0n) is 13.5. The monoisotopic (exact) mass is 347 g/mol. The molecule has 132 valence electrons. The Hall–Kier alpha value is -2.78. The van der Waals surface area contributed by atoms with Gasteiger partial charge in [-0.3, -0.25) is 14.7 Å². The van der Waals surface area contributed by atoms with E-state index in [0.29, 0.717) is 24.6 Å². The number of nitrogens with zero attached hydrogens (tertiary/aromatic N) is 3. The molecule has 9 nitrogen and oxygen atoms in total. The number of nitro groups is 1. The van der Waals surface area contributed by atoms with E-state index in [1.54, 1.807) is 17.0 Å². The Morgan fingerprint density at radius 3 is 2.96 bits per heavy atom. The van der Waals surface area contributed by atoms with Crippen molar-refractivity contribution in [2.24, 2.45) is 0 Å². The van der Waals surface area contributed by atoms with E-state index in [1.807, 2.05) is 0 Å². The first-order chi connectivity index (χ1) is 12.0. The predicted molar refractivity (Wildman–Crippen MR) is 86.1 cm³/mol. The van der Waals surface area contributed by atoms with Crippen LogP contribution in [0.1, 0.15) is 34.1 Å². The van der Waals surface area contributed by atoms with E-state index in [1.165, 1.54) is 13.2 Å². The molecule has 0 radical (unpaired) electrons. The molecule has 25 heavy (non-hydrogen) atoms. The van der Waals surface area contributed by atoms with Crippen molar-refractivity contribution in [2.75, 3.05) is 20.3 Å². The number of carboxylic acids is 1. The van der Waals surface area contributed by atoms with Gasteiger partial charge in [-0.1, -0.05) is 0 Å². The highest BCUT2D eigenvalue weighted by Gasteiger charge is 2.27. The van der Waals surface area contributed by atoms with Crippen molar-refractivity contribution in [1.82, 2.24) is 9.55 Å². The Bertz CT molecular complexity index is 810. The van der Waals surface area contributed by atoms with Gasteiger partial charge >= 0.3 is 5.97 Å². The highest BCUT2D eigenvalue weighted by molar-refractivity contribution is 5.91. The number of methoxy groups -OCH3 is 1. The molecule has 0 bridgehead atoms. The average Bonchev–Trinajstić information content (AvgIpc) is 3.25. The van der Waals surface area contributed by atoms with Gasteiger partial charge in [0.05, 0.1) is 23.7 Å². The fourth-order valence-electron chi connectivity index (χ4n) is 2.99. The summed E-state index contributed by atoms with van der Waals surface area (Å²) in [6, 6.07) is 2.55. The molecule has 1 fully saturated rings. The molecule has 2 aromatic rings. The van der Waals surface area contributed by atoms with Crippen molar-refractivity contribution in [2.45, 2.75) is 18.9 Å². The lowest BCUT2D eigenvalue weighted by Crippen LogP contribution is -2.12. The van der Waals surface area contributed by atoms with E-state index >= 15 is 0 Å². The Kier molecular flexibility index (Phi) is 4.77. The largest absolute Gasteiger partial charge is 0.478 e. The van der Waals surface area contributed by atoms with Gasteiger partial charge in [-0.05, 0) is 18.1 Å². The van der Waals surface area contributed by atoms with Gasteiger partial charge in [0, 0.05) is 38.1 Å². The number of hydrogen-bond donors (Lipinski definition) is 1. The molecule has 1 aliphatic rings. The van der Waals surface area contributed by atoms with E-state index in [4.69, 9.17) is 9.47 Å². The summed E-state index contributed by atoms with van der Waals surface area (Å²) in [6.07, 6.45) is 3.98. The quantitative estimate of drug-likeness (QED) is 0.628. The third kappa shape index (κ3) is 3.24. The van der Waals surface area contributed by atoms with E-state index in [9.17, 15) is 20.0 Å². The van der Waals surface area contributed by atoms with Gasteiger partial charge in [-0.2, -0.15) is 0 Å². The van der Waals surface area contributed by atoms with Crippen molar-refractivity contribution in [3.63, 3.8) is 0 Å². The summed E-state index contributed by atoms with van der Waals surface area (Å²) in [7, 11) is 1.44. The summed E-state index contributed by atoms with van der Waals surface area (Å²) in [4.78, 5) is 26.7. The van der Waals surface area contributed by atoms with Crippen LogP contribution in [-0.4, -0.2) is 45.9 Å². The molecule has 3 rings (SSSR count). The van der Waals surface area contributed by atoms with Crippen LogP contribution in [0.25, 0.3) is 5.69 Å². The Morgan fingerprint density at radius 1 is 1.56 bits per heavy atom. The molecule has 1 aromatic carbocycles. The number of carboxylic acid groups (broad SMARTS) is 1. The lowest BCUT2D eigenvalue weighted by atomic mass is 10.0. The molecular weight excluding hydrogens is 330 g/mol. The van der Waals surface area contributed by atoms with Crippen LogP contribution in [0.15, 0.2) is 24.5 Å². The van der Waals surface area contributed by atoms with Crippen molar-refractivity contribution >= 4 is 11.7 Å². The minimum atomic E-state index is -1.24. The Labute approximate surface area is 143 Å². The number of aromatic nitrogens is 2. The first-order valence-electron chi connectivity index (χ1n) is 7.67. The molecule has 2 heterocycles. The van der Waals surface area contributed by atoms with Crippen LogP contribution in [0.2, 0.25) is 0 Å². The SMILES string of the molecule is COCc1cc(-n2ccnc2C2CCOC2)c([N+](=O)[O-])cc1C(=O)O. The van der Waals surface area contributed by atoms with E-state index in [-0.39, 0.29) is 29.5 Å². The van der Waals surface area contributed by atoms with Crippen molar-refractivity contribution < 1.29 is 24.3 Å². The molecule has 1 saturated heterocycles. The lowest BCUT2D eigenvalue weighted by Gasteiger charge is -2.14. The Balaban J connectivity index is 2.18. The lowest BCUT2D eigenvalue weighted by molar-refractivity contribution is -0.384. The van der Waals surface area contributed by atoms with E-state index < -0.39 is 10.9 Å². The topological polar surface area (TPSA) is 117 Å². The number of carbonyl (C=O) groups is 1. The van der Waals surface area contributed by atoms with Gasteiger partial charge in [0.2, 0.25) is 0 Å². The van der Waals surface area contributed by atoms with Crippen LogP contribution in [-0.2, 0) is 16.1 Å². The number of hydrogen-bond acceptors (Lipinski definition) is 6. The second-order valence-electron chi connectivity index (χ2n) is 5.71. The van der Waals surface area contributed by atoms with Gasteiger partial charge in [-0.25, -0.2) is 9.78 Å². The number of benzene rings is 1. The molecule has 0 amide bonds. The molecule has 1 aliphatic heterocycles. The summed E-state index contributed by atoms with van der Waals surface area (Å²) in [6.45, 7) is 1.15. The van der Waals surface area contributed by atoms with Crippen molar-refractivity contribution in [3.8, 4) is 5.69 Å². The molecule has 1 N–H and O–H groups in total. The number of rotatable bonds is 6. The van der Waals surface area contributed by atoms with Crippen LogP contribution in [0, 0.1) is 10.1 Å². The minimum Gasteiger partial charge on any atom is -0.478 e. The average molecular weight is 347 g/mol. The van der Waals surface area contributed by atoms with Crippen LogP contribution >= 0.6 is 0 Å². The van der Waals surface area contributed by atoms with Gasteiger partial charge < -0.3 is 14.6 Å². The summed E-state index contributed by atoms with van der Waals surface area (Å²) in [5, 5.41) is 20.8. The second-order valence-corrected chi connectivity index (χ2v) is 5.71.